The maximum Gasteiger partial charge on any atom is 0.272 e. The van der Waals surface area contributed by atoms with Crippen molar-refractivity contribution in [2.45, 2.75) is 19.8 Å². The van der Waals surface area contributed by atoms with Crippen LogP contribution in [0.2, 0.25) is 0 Å². The Morgan fingerprint density at radius 3 is 2.32 bits per heavy atom. The molecule has 0 spiro atoms. The molecular weight excluding hydrogens is 368 g/mol. The number of rotatable bonds is 6. The van der Waals surface area contributed by atoms with Crippen LogP contribution in [0.3, 0.4) is 0 Å². The quantitative estimate of drug-likeness (QED) is 0.563. The summed E-state index contributed by atoms with van der Waals surface area (Å²) in [6.07, 6.45) is 1.69. The fourth-order valence-electron chi connectivity index (χ4n) is 2.76. The number of anilines is 1. The van der Waals surface area contributed by atoms with Crippen LogP contribution < -0.4 is 10.6 Å². The number of hydrogen-bond donors (Lipinski definition) is 2. The molecule has 0 bridgehead atoms. The highest BCUT2D eigenvalue weighted by molar-refractivity contribution is 7.10. The first-order valence-electron chi connectivity index (χ1n) is 9.06. The van der Waals surface area contributed by atoms with Gasteiger partial charge in [-0.05, 0) is 47.2 Å². The Morgan fingerprint density at radius 2 is 1.64 bits per heavy atom. The summed E-state index contributed by atoms with van der Waals surface area (Å²) in [7, 11) is 0. The molecule has 1 heterocycles. The van der Waals surface area contributed by atoms with Crippen LogP contribution in [0.4, 0.5) is 5.69 Å². The molecule has 0 saturated carbocycles. The van der Waals surface area contributed by atoms with Crippen molar-refractivity contribution in [3.63, 3.8) is 0 Å². The number of benzene rings is 2. The second kappa shape index (κ2) is 9.15. The van der Waals surface area contributed by atoms with Crippen molar-refractivity contribution in [3.8, 4) is 0 Å². The van der Waals surface area contributed by atoms with Crippen molar-refractivity contribution in [2.75, 3.05) is 5.32 Å². The van der Waals surface area contributed by atoms with Crippen LogP contribution in [-0.4, -0.2) is 11.8 Å². The Hall–Kier alpha value is -3.18. The van der Waals surface area contributed by atoms with Crippen LogP contribution in [-0.2, 0) is 4.79 Å². The van der Waals surface area contributed by atoms with Crippen LogP contribution in [0.1, 0.15) is 40.6 Å². The lowest BCUT2D eigenvalue weighted by Gasteiger charge is -2.15. The lowest BCUT2D eigenvalue weighted by Crippen LogP contribution is -2.31. The number of carbonyl (C=O) groups is 2. The topological polar surface area (TPSA) is 58.2 Å². The molecular formula is C23H22N2O2S. The third-order valence-electron chi connectivity index (χ3n) is 4.19. The van der Waals surface area contributed by atoms with Crippen molar-refractivity contribution in [3.05, 3.63) is 93.8 Å². The number of carbonyl (C=O) groups excluding carboxylic acids is 2. The molecule has 0 aliphatic carbocycles. The Morgan fingerprint density at radius 1 is 0.929 bits per heavy atom. The zero-order valence-electron chi connectivity index (χ0n) is 15.8. The van der Waals surface area contributed by atoms with Gasteiger partial charge in [-0.25, -0.2) is 0 Å². The molecule has 2 aromatic carbocycles. The fraction of sp³-hybridized carbons (Fsp3) is 0.130. The van der Waals surface area contributed by atoms with Crippen LogP contribution in [0, 0.1) is 0 Å². The molecule has 0 aliphatic rings. The predicted octanol–water partition coefficient (Wildman–Crippen LogP) is 5.28. The fourth-order valence-corrected chi connectivity index (χ4v) is 3.42. The summed E-state index contributed by atoms with van der Waals surface area (Å²) in [6, 6.07) is 20.3. The summed E-state index contributed by atoms with van der Waals surface area (Å²) in [6.45, 7) is 4.15. The minimum atomic E-state index is -0.356. The van der Waals surface area contributed by atoms with E-state index in [4.69, 9.17) is 0 Å². The molecule has 0 saturated heterocycles. The third-order valence-corrected chi connectivity index (χ3v) is 5.01. The van der Waals surface area contributed by atoms with Gasteiger partial charge in [0.25, 0.3) is 11.8 Å². The molecule has 4 nitrogen and oxygen atoms in total. The summed E-state index contributed by atoms with van der Waals surface area (Å²) >= 11 is 1.50. The van der Waals surface area contributed by atoms with Gasteiger partial charge >= 0.3 is 0 Å². The molecule has 0 aliphatic heterocycles. The van der Waals surface area contributed by atoms with Crippen molar-refractivity contribution in [1.29, 1.82) is 0 Å². The van der Waals surface area contributed by atoms with Gasteiger partial charge in [-0.1, -0.05) is 56.3 Å². The second-order valence-electron chi connectivity index (χ2n) is 6.59. The van der Waals surface area contributed by atoms with Crippen molar-refractivity contribution in [1.82, 2.24) is 5.32 Å². The normalized spacial score (nSPS) is 11.3. The van der Waals surface area contributed by atoms with Crippen LogP contribution in [0.15, 0.2) is 77.8 Å². The van der Waals surface area contributed by atoms with Gasteiger partial charge in [-0.3, -0.25) is 9.59 Å². The van der Waals surface area contributed by atoms with Crippen molar-refractivity contribution < 1.29 is 9.59 Å². The van der Waals surface area contributed by atoms with E-state index >= 15 is 0 Å². The van der Waals surface area contributed by atoms with Gasteiger partial charge in [0, 0.05) is 16.1 Å². The smallest absolute Gasteiger partial charge is 0.272 e. The maximum atomic E-state index is 13.0. The second-order valence-corrected chi connectivity index (χ2v) is 7.57. The summed E-state index contributed by atoms with van der Waals surface area (Å²) in [5.41, 5.74) is 2.49. The molecule has 28 heavy (non-hydrogen) atoms. The monoisotopic (exact) mass is 390 g/mol. The molecule has 0 radical (unpaired) electrons. The minimum Gasteiger partial charge on any atom is -0.320 e. The van der Waals surface area contributed by atoms with Gasteiger partial charge in [-0.15, -0.1) is 11.3 Å². The molecule has 2 N–H and O–H groups in total. The van der Waals surface area contributed by atoms with Gasteiger partial charge in [0.2, 0.25) is 0 Å². The van der Waals surface area contributed by atoms with E-state index in [9.17, 15) is 9.59 Å². The number of para-hydroxylation sites is 1. The Balaban J connectivity index is 1.87. The first-order valence-corrected chi connectivity index (χ1v) is 9.94. The lowest BCUT2D eigenvalue weighted by molar-refractivity contribution is -0.113. The molecule has 0 fully saturated rings. The van der Waals surface area contributed by atoms with Gasteiger partial charge in [0.15, 0.2) is 0 Å². The van der Waals surface area contributed by atoms with E-state index in [-0.39, 0.29) is 23.4 Å². The molecule has 2 amide bonds. The summed E-state index contributed by atoms with van der Waals surface area (Å²) < 4.78 is 0. The number of thiophene rings is 1. The highest BCUT2D eigenvalue weighted by Gasteiger charge is 2.17. The lowest BCUT2D eigenvalue weighted by atomic mass is 10.0. The molecule has 5 heteroatoms. The largest absolute Gasteiger partial charge is 0.320 e. The summed E-state index contributed by atoms with van der Waals surface area (Å²) in [5.74, 6) is -0.415. The molecule has 1 aromatic heterocycles. The Labute approximate surface area is 168 Å². The Bertz CT molecular complexity index is 977. The van der Waals surface area contributed by atoms with Crippen molar-refractivity contribution >= 4 is 34.9 Å². The predicted molar refractivity (Wildman–Crippen MR) is 115 cm³/mol. The van der Waals surface area contributed by atoms with Crippen LogP contribution in [0.25, 0.3) is 6.08 Å². The third kappa shape index (κ3) is 4.96. The zero-order valence-corrected chi connectivity index (χ0v) is 16.6. The van der Waals surface area contributed by atoms with Crippen LogP contribution >= 0.6 is 11.3 Å². The Kier molecular flexibility index (Phi) is 6.40. The first-order chi connectivity index (χ1) is 13.5. The molecule has 0 unspecified atom stereocenters. The standard InChI is InChI=1S/C23H22N2O2S/c1-16(2)19-12-6-7-13-20(19)24-23(27)21(15-18-11-8-14-28-18)25-22(26)17-9-4-3-5-10-17/h3-16H,1-2H3,(H,24,27)(H,25,26)/b21-15-. The molecule has 0 atom stereocenters. The summed E-state index contributed by atoms with van der Waals surface area (Å²) in [4.78, 5) is 26.5. The van der Waals surface area contributed by atoms with E-state index in [1.165, 1.54) is 11.3 Å². The molecule has 3 rings (SSSR count). The van der Waals surface area contributed by atoms with E-state index in [0.29, 0.717) is 5.56 Å². The highest BCUT2D eigenvalue weighted by Crippen LogP contribution is 2.24. The van der Waals surface area contributed by atoms with E-state index in [1.54, 1.807) is 30.3 Å². The average molecular weight is 391 g/mol. The molecule has 142 valence electrons. The van der Waals surface area contributed by atoms with Gasteiger partial charge in [-0.2, -0.15) is 0 Å². The number of hydrogen-bond acceptors (Lipinski definition) is 3. The zero-order chi connectivity index (χ0) is 19.9. The van der Waals surface area contributed by atoms with Gasteiger partial charge in [0.1, 0.15) is 5.70 Å². The maximum absolute atomic E-state index is 13.0. The van der Waals surface area contributed by atoms with Gasteiger partial charge < -0.3 is 10.6 Å². The first kappa shape index (κ1) is 19.6. The average Bonchev–Trinajstić information content (AvgIpc) is 3.21. The van der Waals surface area contributed by atoms with E-state index in [1.807, 2.05) is 47.8 Å². The van der Waals surface area contributed by atoms with Crippen molar-refractivity contribution in [2.24, 2.45) is 0 Å². The van der Waals surface area contributed by atoms with E-state index in [0.717, 1.165) is 16.1 Å². The summed E-state index contributed by atoms with van der Waals surface area (Å²) in [5, 5.41) is 7.63. The highest BCUT2D eigenvalue weighted by atomic mass is 32.1. The minimum absolute atomic E-state index is 0.204. The van der Waals surface area contributed by atoms with Gasteiger partial charge in [0.05, 0.1) is 0 Å². The molecule has 3 aromatic rings. The van der Waals surface area contributed by atoms with E-state index < -0.39 is 0 Å². The number of amides is 2. The van der Waals surface area contributed by atoms with E-state index in [2.05, 4.69) is 24.5 Å². The number of nitrogens with one attached hydrogen (secondary N) is 2. The SMILES string of the molecule is CC(C)c1ccccc1NC(=O)/C(=C/c1cccs1)NC(=O)c1ccccc1. The van der Waals surface area contributed by atoms with Crippen LogP contribution in [0.5, 0.6) is 0 Å².